The van der Waals surface area contributed by atoms with Gasteiger partial charge in [-0.3, -0.25) is 4.79 Å². The molecule has 2 aliphatic rings. The van der Waals surface area contributed by atoms with Crippen LogP contribution in [-0.4, -0.2) is 262 Å². The van der Waals surface area contributed by atoms with Gasteiger partial charge >= 0.3 is 65.7 Å². The summed E-state index contributed by atoms with van der Waals surface area (Å²) >= 11 is 0. The van der Waals surface area contributed by atoms with E-state index in [0.717, 1.165) is 31.5 Å². The number of piperidine rings is 1. The van der Waals surface area contributed by atoms with Crippen molar-refractivity contribution >= 4 is 65.7 Å². The van der Waals surface area contributed by atoms with Crippen LogP contribution in [0.15, 0.2) is 152 Å². The molecule has 0 unspecified atom stereocenters. The summed E-state index contributed by atoms with van der Waals surface area (Å²) in [6, 6.07) is 18.6. The summed E-state index contributed by atoms with van der Waals surface area (Å²) in [6.45, 7) is 2.48. The van der Waals surface area contributed by atoms with Crippen LogP contribution in [0.1, 0.15) is 129 Å². The minimum absolute atomic E-state index is 0.0655. The topological polar surface area (TPSA) is 808 Å². The number of aromatic hydroxyl groups is 25. The molecule has 49 nitrogen and oxygen atoms in total. The lowest BCUT2D eigenvalue weighted by Crippen LogP contribution is -2.63. The lowest BCUT2D eigenvalue weighted by molar-refractivity contribution is -0.282. The Labute approximate surface area is 779 Å². The van der Waals surface area contributed by atoms with Crippen molar-refractivity contribution in [3.63, 3.8) is 0 Å². The highest BCUT2D eigenvalue weighted by Crippen LogP contribution is 2.49. The molecule has 25 N–H and O–H groups in total. The second-order valence-electron chi connectivity index (χ2n) is 30.1. The Bertz CT molecular complexity index is 6740. The van der Waals surface area contributed by atoms with Crippen molar-refractivity contribution in [1.29, 1.82) is 0 Å². The first-order chi connectivity index (χ1) is 66.0. The molecule has 0 radical (unpaired) electrons. The fraction of sp³-hybridized carbons (Fsp3) is 0.154. The van der Waals surface area contributed by atoms with E-state index in [-0.39, 0.29) is 5.97 Å². The van der Waals surface area contributed by atoms with Crippen LogP contribution in [0.2, 0.25) is 0 Å². The predicted molar refractivity (Wildman–Crippen MR) is 454 cm³/mol. The standard InChI is InChI=1S/C76H52O46.C15H21NO2/c77-32-1-22(2-33(78)53(32)92)67(103)113-47-16-27(11-42(87)58(47)97)66(102)112-21-52-63(119-72(108)28-12-43(88)59(98)48(17-28)114-68(104)23-3-34(79)54(93)35(80)4-23)64(120-73(109)29-13-44(89)60(99)49(18-29)115-69(105)24-5-36(81)55(94)37(82)6-24)65(121-74(110)30-14-45(90)61(100)50(19-30)116-70(106)25-7-38(83)56(95)39(84)8-25)76(118-52)122-75(111)31-15-46(91)62(101)51(20-31)117-71(107)26-9-40(85)57(96)41(86)10-26;1-3-18-14(17)15(9-11-16(2)12-10-15)13-7-5-4-6-8-13/h1-20,52,63-65,76-101H,21H2;4-8H,3,9-12H2,1-2H3/t52-,63-,64+,65-,76+;/m1./s1. The second-order valence-corrected chi connectivity index (χ2v) is 30.1. The molecule has 2 fully saturated rings. The summed E-state index contributed by atoms with van der Waals surface area (Å²) in [7, 11) is 2.10. The molecule has 0 spiro atoms. The molecule has 11 aromatic rings. The average molecular weight is 1950 g/mol. The highest BCUT2D eigenvalue weighted by Gasteiger charge is 2.56. The van der Waals surface area contributed by atoms with Gasteiger partial charge in [0.15, 0.2) is 156 Å². The smallest absolute Gasteiger partial charge is 0.343 e. The zero-order valence-electron chi connectivity index (χ0n) is 71.1. The Balaban J connectivity index is 0.000000870. The third-order valence-corrected chi connectivity index (χ3v) is 20.7. The van der Waals surface area contributed by atoms with Crippen molar-refractivity contribution in [2.45, 2.75) is 55.9 Å². The molecule has 2 heterocycles. The predicted octanol–water partition coefficient (Wildman–Crippen LogP) is 7.05. The molecule has 0 amide bonds. The summed E-state index contributed by atoms with van der Waals surface area (Å²) in [5, 5.41) is 261. The van der Waals surface area contributed by atoms with E-state index in [1.165, 1.54) is 0 Å². The van der Waals surface area contributed by atoms with E-state index >= 15 is 14.4 Å². The van der Waals surface area contributed by atoms with Crippen LogP contribution >= 0.6 is 0 Å². The minimum Gasteiger partial charge on any atom is -0.504 e. The summed E-state index contributed by atoms with van der Waals surface area (Å²) in [5.41, 5.74) is -9.24. The van der Waals surface area contributed by atoms with Crippen molar-refractivity contribution in [3.05, 3.63) is 213 Å². The highest BCUT2D eigenvalue weighted by atomic mass is 16.8. The number of hydrogen-bond acceptors (Lipinski definition) is 49. The molecule has 0 bridgehead atoms. The molecule has 2 saturated heterocycles. The molecule has 49 heteroatoms. The number of phenolic OH excluding ortho intramolecular Hbond substituents is 25. The fourth-order valence-electron chi connectivity index (χ4n) is 13.5. The number of ether oxygens (including phenoxy) is 12. The van der Waals surface area contributed by atoms with Gasteiger partial charge in [-0.25, -0.2) is 47.9 Å². The van der Waals surface area contributed by atoms with Gasteiger partial charge in [0.2, 0.25) is 41.1 Å². The number of hydrogen-bond donors (Lipinski definition) is 25. The number of likely N-dealkylation sites (tertiary alicyclic amines) is 1. The van der Waals surface area contributed by atoms with E-state index in [1.54, 1.807) is 0 Å². The summed E-state index contributed by atoms with van der Waals surface area (Å²) in [5.74, 6) is -56.0. The molecule has 13 rings (SSSR count). The Morgan fingerprint density at radius 1 is 0.286 bits per heavy atom. The van der Waals surface area contributed by atoms with E-state index in [1.807, 2.05) is 37.3 Å². The maximum Gasteiger partial charge on any atom is 0.343 e. The van der Waals surface area contributed by atoms with Gasteiger partial charge in [-0.1, -0.05) is 30.3 Å². The van der Waals surface area contributed by atoms with Crippen LogP contribution in [0.4, 0.5) is 0 Å². The van der Waals surface area contributed by atoms with Gasteiger partial charge in [0.05, 0.1) is 67.7 Å². The van der Waals surface area contributed by atoms with Gasteiger partial charge in [0.25, 0.3) is 0 Å². The zero-order valence-corrected chi connectivity index (χ0v) is 71.1. The monoisotopic (exact) mass is 1950 g/mol. The van der Waals surface area contributed by atoms with E-state index in [0.29, 0.717) is 128 Å². The first-order valence-corrected chi connectivity index (χ1v) is 39.8. The minimum atomic E-state index is -3.12. The molecule has 0 saturated carbocycles. The largest absolute Gasteiger partial charge is 0.504 e. The lowest BCUT2D eigenvalue weighted by atomic mass is 9.73. The summed E-state index contributed by atoms with van der Waals surface area (Å²) in [6.07, 6.45) is -13.4. The van der Waals surface area contributed by atoms with Crippen molar-refractivity contribution in [2.75, 3.05) is 33.4 Å². The first-order valence-electron chi connectivity index (χ1n) is 39.8. The SMILES string of the molecule is CCOC(=O)C1(c2ccccc2)CCN(C)CC1.O=C(OC[C@H]1O[C@@H](OC(=O)c2cc(O)c(O)c(OC(=O)c3cc(O)c(O)c(O)c3)c2)[C@H](OC(=O)c2cc(O)c(O)c(OC(=O)c3cc(O)c(O)c(O)c3)c2)[C@@H](OC(=O)c2cc(O)c(O)c(OC(=O)c3cc(O)c(O)c(O)c3)c2)[C@@H]1OC(=O)c1cc(O)c(O)c(OC(=O)c2cc(O)c(O)c(O)c2)c1)c1cc(O)c(O)c(OC(=O)c2cc(O)c(O)c(O)c2)c1. The van der Waals surface area contributed by atoms with Crippen LogP contribution in [-0.2, 0) is 43.4 Å². The summed E-state index contributed by atoms with van der Waals surface area (Å²) < 4.78 is 65.7. The van der Waals surface area contributed by atoms with Crippen molar-refractivity contribution in [3.8, 4) is 172 Å². The van der Waals surface area contributed by atoms with E-state index < -0.39 is 331 Å². The Hall–Kier alpha value is -19.5. The van der Waals surface area contributed by atoms with Crippen molar-refractivity contribution < 1.29 is 237 Å². The van der Waals surface area contributed by atoms with Gasteiger partial charge in [-0.05, 0) is 167 Å². The van der Waals surface area contributed by atoms with Crippen molar-refractivity contribution in [2.24, 2.45) is 0 Å². The van der Waals surface area contributed by atoms with Crippen LogP contribution in [0.3, 0.4) is 0 Å². The second kappa shape index (κ2) is 40.5. The average Bonchev–Trinajstić information content (AvgIpc) is 0.767. The quantitative estimate of drug-likeness (QED) is 0.0125. The lowest BCUT2D eigenvalue weighted by Gasteiger charge is -2.43. The molecule has 140 heavy (non-hydrogen) atoms. The van der Waals surface area contributed by atoms with Gasteiger partial charge in [-0.2, -0.15) is 0 Å². The Kier molecular flexibility index (Phi) is 28.8. The summed E-state index contributed by atoms with van der Waals surface area (Å²) in [4.78, 5) is 157. The van der Waals surface area contributed by atoms with Gasteiger partial charge in [-0.15, -0.1) is 0 Å². The highest BCUT2D eigenvalue weighted by molar-refractivity contribution is 6.00. The molecule has 2 aliphatic heterocycles. The van der Waals surface area contributed by atoms with Crippen LogP contribution in [0, 0.1) is 0 Å². The maximum atomic E-state index is 15.3. The van der Waals surface area contributed by atoms with Crippen LogP contribution in [0.25, 0.3) is 0 Å². The van der Waals surface area contributed by atoms with E-state index in [4.69, 9.17) is 56.8 Å². The van der Waals surface area contributed by atoms with E-state index in [2.05, 4.69) is 11.9 Å². The number of rotatable bonds is 24. The molecule has 730 valence electrons. The first kappa shape index (κ1) is 99.5. The normalized spacial score (nSPS) is 15.3. The zero-order chi connectivity index (χ0) is 102. The molecule has 0 aliphatic carbocycles. The van der Waals surface area contributed by atoms with Crippen LogP contribution in [0.5, 0.6) is 172 Å². The van der Waals surface area contributed by atoms with E-state index in [9.17, 15) is 166 Å². The third kappa shape index (κ3) is 21.4. The van der Waals surface area contributed by atoms with Gasteiger partial charge < -0.3 is 189 Å². The number of nitrogens with zero attached hydrogens (tertiary/aromatic N) is 1. The number of carbonyl (C=O) groups excluding carboxylic acids is 11. The number of esters is 11. The van der Waals surface area contributed by atoms with Gasteiger partial charge in [0.1, 0.15) is 12.7 Å². The molecule has 11 aromatic carbocycles. The Morgan fingerprint density at radius 2 is 0.514 bits per heavy atom. The Morgan fingerprint density at radius 3 is 0.779 bits per heavy atom. The fourth-order valence-corrected chi connectivity index (χ4v) is 13.5. The number of benzene rings is 11. The third-order valence-electron chi connectivity index (χ3n) is 20.7. The molecule has 5 atom stereocenters. The molecular weight excluding hydrogens is 1870 g/mol. The van der Waals surface area contributed by atoms with Crippen molar-refractivity contribution in [1.82, 2.24) is 4.90 Å². The number of phenols is 25. The van der Waals surface area contributed by atoms with Gasteiger partial charge in [0, 0.05) is 0 Å². The number of carbonyl (C=O) groups is 11. The molecule has 0 aromatic heterocycles. The van der Waals surface area contributed by atoms with Crippen LogP contribution < -0.4 is 23.7 Å². The molecular formula is C91H73NO48. The maximum absolute atomic E-state index is 15.3.